The van der Waals surface area contributed by atoms with Crippen molar-refractivity contribution in [3.05, 3.63) is 48.5 Å². The summed E-state index contributed by atoms with van der Waals surface area (Å²) in [6.07, 6.45) is -0.127. The third-order valence-corrected chi connectivity index (χ3v) is 7.19. The van der Waals surface area contributed by atoms with E-state index in [1.165, 1.54) is 24.3 Å². The first-order valence-corrected chi connectivity index (χ1v) is 11.0. The SMILES string of the molecule is N#CCCS(=O)(=O)c1ccc(-c2ccc(S(=O)(=O)CCC#N)cc2)cc1. The van der Waals surface area contributed by atoms with Gasteiger partial charge in [0, 0.05) is 12.8 Å². The van der Waals surface area contributed by atoms with Crippen LogP contribution in [0.2, 0.25) is 0 Å². The summed E-state index contributed by atoms with van der Waals surface area (Å²) >= 11 is 0. The highest BCUT2D eigenvalue weighted by molar-refractivity contribution is 7.91. The van der Waals surface area contributed by atoms with Crippen LogP contribution in [-0.2, 0) is 19.7 Å². The first kappa shape index (κ1) is 19.6. The monoisotopic (exact) mass is 388 g/mol. The molecule has 8 heteroatoms. The lowest BCUT2D eigenvalue weighted by Gasteiger charge is -2.07. The minimum absolute atomic E-state index is 0.0637. The number of rotatable bonds is 7. The average Bonchev–Trinajstić information content (AvgIpc) is 2.65. The molecule has 26 heavy (non-hydrogen) atoms. The second-order valence-electron chi connectivity index (χ2n) is 5.50. The minimum Gasteiger partial charge on any atom is -0.224 e. The predicted molar refractivity (Wildman–Crippen MR) is 96.4 cm³/mol. The summed E-state index contributed by atoms with van der Waals surface area (Å²) in [5.41, 5.74) is 1.48. The summed E-state index contributed by atoms with van der Waals surface area (Å²) in [5.74, 6) is -0.448. The molecule has 0 spiro atoms. The normalized spacial score (nSPS) is 11.5. The first-order valence-electron chi connectivity index (χ1n) is 7.70. The number of nitriles is 2. The van der Waals surface area contributed by atoms with Gasteiger partial charge >= 0.3 is 0 Å². The lowest BCUT2D eigenvalue weighted by molar-refractivity contribution is 0.594. The lowest BCUT2D eigenvalue weighted by atomic mass is 10.1. The molecule has 0 amide bonds. The fourth-order valence-electron chi connectivity index (χ4n) is 2.31. The Hall–Kier alpha value is -2.68. The largest absolute Gasteiger partial charge is 0.224 e. The van der Waals surface area contributed by atoms with Gasteiger partial charge in [0.15, 0.2) is 19.7 Å². The Bertz CT molecular complexity index is 968. The van der Waals surface area contributed by atoms with Gasteiger partial charge in [-0.1, -0.05) is 24.3 Å². The highest BCUT2D eigenvalue weighted by atomic mass is 32.2. The van der Waals surface area contributed by atoms with Gasteiger partial charge in [0.1, 0.15) is 0 Å². The van der Waals surface area contributed by atoms with Crippen LogP contribution in [0.1, 0.15) is 12.8 Å². The van der Waals surface area contributed by atoms with E-state index in [1.54, 1.807) is 24.3 Å². The summed E-state index contributed by atoms with van der Waals surface area (Å²) in [7, 11) is -6.97. The van der Waals surface area contributed by atoms with E-state index in [0.29, 0.717) is 0 Å². The van der Waals surface area contributed by atoms with Gasteiger partial charge in [-0.2, -0.15) is 10.5 Å². The minimum atomic E-state index is -3.48. The van der Waals surface area contributed by atoms with E-state index in [4.69, 9.17) is 10.5 Å². The molecule has 0 heterocycles. The van der Waals surface area contributed by atoms with Crippen molar-refractivity contribution >= 4 is 19.7 Å². The van der Waals surface area contributed by atoms with Crippen LogP contribution in [0.15, 0.2) is 58.3 Å². The van der Waals surface area contributed by atoms with Crippen molar-refractivity contribution in [1.82, 2.24) is 0 Å². The first-order chi connectivity index (χ1) is 12.3. The van der Waals surface area contributed by atoms with Gasteiger partial charge in [-0.05, 0) is 35.4 Å². The van der Waals surface area contributed by atoms with Crippen LogP contribution in [0.4, 0.5) is 0 Å². The van der Waals surface area contributed by atoms with Gasteiger partial charge in [0.05, 0.1) is 33.4 Å². The average molecular weight is 388 g/mol. The number of nitrogens with zero attached hydrogens (tertiary/aromatic N) is 2. The second kappa shape index (κ2) is 8.13. The smallest absolute Gasteiger partial charge is 0.179 e. The van der Waals surface area contributed by atoms with Gasteiger partial charge in [0.25, 0.3) is 0 Å². The molecular weight excluding hydrogens is 372 g/mol. The van der Waals surface area contributed by atoms with E-state index in [9.17, 15) is 16.8 Å². The Morgan fingerprint density at radius 2 is 0.923 bits per heavy atom. The van der Waals surface area contributed by atoms with Crippen molar-refractivity contribution in [2.24, 2.45) is 0 Å². The highest BCUT2D eigenvalue weighted by Gasteiger charge is 2.15. The van der Waals surface area contributed by atoms with Gasteiger partial charge in [0.2, 0.25) is 0 Å². The van der Waals surface area contributed by atoms with E-state index in [2.05, 4.69) is 0 Å². The van der Waals surface area contributed by atoms with Crippen molar-refractivity contribution < 1.29 is 16.8 Å². The molecule has 0 unspecified atom stereocenters. The van der Waals surface area contributed by atoms with Gasteiger partial charge < -0.3 is 0 Å². The van der Waals surface area contributed by atoms with E-state index < -0.39 is 19.7 Å². The summed E-state index contributed by atoms with van der Waals surface area (Å²) < 4.78 is 48.2. The zero-order valence-corrected chi connectivity index (χ0v) is 15.4. The van der Waals surface area contributed by atoms with Crippen molar-refractivity contribution in [2.75, 3.05) is 11.5 Å². The quantitative estimate of drug-likeness (QED) is 0.720. The molecule has 2 rings (SSSR count). The summed E-state index contributed by atoms with van der Waals surface area (Å²) in [4.78, 5) is 0.291. The van der Waals surface area contributed by atoms with Gasteiger partial charge in [-0.3, -0.25) is 0 Å². The Labute approximate surface area is 153 Å². The molecule has 0 saturated carbocycles. The maximum Gasteiger partial charge on any atom is 0.179 e. The third kappa shape index (κ3) is 4.69. The van der Waals surface area contributed by atoms with E-state index >= 15 is 0 Å². The molecule has 0 saturated heterocycles. The van der Waals surface area contributed by atoms with Crippen molar-refractivity contribution in [2.45, 2.75) is 22.6 Å². The molecule has 2 aromatic rings. The van der Waals surface area contributed by atoms with Crippen molar-refractivity contribution in [3.63, 3.8) is 0 Å². The zero-order valence-electron chi connectivity index (χ0n) is 13.8. The summed E-state index contributed by atoms with van der Waals surface area (Å²) in [6.45, 7) is 0. The number of hydrogen-bond acceptors (Lipinski definition) is 6. The Morgan fingerprint density at radius 1 is 0.615 bits per heavy atom. The Morgan fingerprint density at radius 3 is 1.19 bits per heavy atom. The molecule has 0 aromatic heterocycles. The molecule has 0 N–H and O–H groups in total. The van der Waals surface area contributed by atoms with Crippen molar-refractivity contribution in [3.8, 4) is 23.3 Å². The van der Waals surface area contributed by atoms with Crippen LogP contribution in [0, 0.1) is 22.7 Å². The topological polar surface area (TPSA) is 116 Å². The summed E-state index contributed by atoms with van der Waals surface area (Å²) in [6, 6.07) is 16.1. The van der Waals surface area contributed by atoms with Gasteiger partial charge in [-0.15, -0.1) is 0 Å². The molecule has 0 fully saturated rings. The van der Waals surface area contributed by atoms with Crippen LogP contribution in [-0.4, -0.2) is 28.3 Å². The van der Waals surface area contributed by atoms with E-state index in [-0.39, 0.29) is 34.1 Å². The maximum atomic E-state index is 12.0. The molecule has 0 atom stereocenters. The lowest BCUT2D eigenvalue weighted by Crippen LogP contribution is -2.06. The number of hydrogen-bond donors (Lipinski definition) is 0. The molecule has 134 valence electrons. The van der Waals surface area contributed by atoms with Crippen LogP contribution in [0.3, 0.4) is 0 Å². The second-order valence-corrected chi connectivity index (χ2v) is 9.72. The fraction of sp³-hybridized carbons (Fsp3) is 0.222. The van der Waals surface area contributed by atoms with Crippen LogP contribution >= 0.6 is 0 Å². The molecule has 0 aliphatic carbocycles. The molecule has 2 aromatic carbocycles. The highest BCUT2D eigenvalue weighted by Crippen LogP contribution is 2.24. The van der Waals surface area contributed by atoms with Crippen LogP contribution in [0.5, 0.6) is 0 Å². The standard InChI is InChI=1S/C18H16N2O4S2/c19-11-1-13-25(21,22)17-7-3-15(4-8-17)16-5-9-18(10-6-16)26(23,24)14-2-12-20/h3-10H,1-2,13-14H2. The third-order valence-electron chi connectivity index (χ3n) is 3.73. The Balaban J connectivity index is 2.23. The molecule has 0 bridgehead atoms. The van der Waals surface area contributed by atoms with E-state index in [0.717, 1.165) is 11.1 Å². The number of benzene rings is 2. The molecule has 0 aliphatic heterocycles. The molecule has 0 aliphatic rings. The number of sulfone groups is 2. The van der Waals surface area contributed by atoms with Crippen molar-refractivity contribution in [1.29, 1.82) is 10.5 Å². The Kier molecular flexibility index (Phi) is 6.14. The van der Waals surface area contributed by atoms with Gasteiger partial charge in [-0.25, -0.2) is 16.8 Å². The van der Waals surface area contributed by atoms with Crippen LogP contribution in [0.25, 0.3) is 11.1 Å². The molecule has 0 radical (unpaired) electrons. The maximum absolute atomic E-state index is 12.0. The zero-order chi connectivity index (χ0) is 19.2. The summed E-state index contributed by atoms with van der Waals surface area (Å²) in [5, 5.41) is 17.0. The van der Waals surface area contributed by atoms with Crippen LogP contribution < -0.4 is 0 Å². The predicted octanol–water partition coefficient (Wildman–Crippen LogP) is 2.73. The molecule has 6 nitrogen and oxygen atoms in total. The molecular formula is C18H16N2O4S2. The van der Waals surface area contributed by atoms with E-state index in [1.807, 2.05) is 12.1 Å². The fourth-order valence-corrected chi connectivity index (χ4v) is 4.60.